The maximum atomic E-state index is 9.61. The van der Waals surface area contributed by atoms with Crippen LogP contribution in [0.25, 0.3) is 22.3 Å². The average Bonchev–Trinajstić information content (AvgIpc) is 3.26. The number of aliphatic hydroxyl groups excluding tert-OH is 1. The molecule has 0 unspecified atom stereocenters. The molecule has 4 aromatic rings. The highest BCUT2D eigenvalue weighted by Crippen LogP contribution is 2.27. The van der Waals surface area contributed by atoms with E-state index in [1.165, 1.54) is 16.7 Å². The minimum Gasteiger partial charge on any atom is -0.394 e. The maximum absolute atomic E-state index is 9.61. The van der Waals surface area contributed by atoms with Crippen LogP contribution in [0.3, 0.4) is 0 Å². The fourth-order valence-electron chi connectivity index (χ4n) is 3.72. The first-order valence-corrected chi connectivity index (χ1v) is 11.2. The lowest BCUT2D eigenvalue weighted by molar-refractivity contribution is 0.271. The van der Waals surface area contributed by atoms with Gasteiger partial charge in [0.15, 0.2) is 5.65 Å². The van der Waals surface area contributed by atoms with Gasteiger partial charge in [-0.2, -0.15) is 0 Å². The Morgan fingerprint density at radius 1 is 1.00 bits per heavy atom. The van der Waals surface area contributed by atoms with Gasteiger partial charge in [-0.25, -0.2) is 9.97 Å². The van der Waals surface area contributed by atoms with Crippen molar-refractivity contribution in [2.24, 2.45) is 0 Å². The molecule has 6 nitrogen and oxygen atoms in total. The van der Waals surface area contributed by atoms with E-state index >= 15 is 0 Å². The summed E-state index contributed by atoms with van der Waals surface area (Å²) in [7, 11) is 0. The zero-order chi connectivity index (χ0) is 22.5. The first-order chi connectivity index (χ1) is 15.6. The molecule has 6 heteroatoms. The third-order valence-electron chi connectivity index (χ3n) is 5.70. The summed E-state index contributed by atoms with van der Waals surface area (Å²) in [4.78, 5) is 9.42. The van der Waals surface area contributed by atoms with Crippen molar-refractivity contribution < 1.29 is 5.11 Å². The van der Waals surface area contributed by atoms with Crippen LogP contribution in [-0.2, 0) is 6.54 Å². The highest BCUT2D eigenvalue weighted by atomic mass is 16.3. The summed E-state index contributed by atoms with van der Waals surface area (Å²) in [6.45, 7) is 7.03. The molecular weight excluding hydrogens is 398 g/mol. The Labute approximate surface area is 189 Å². The molecule has 0 aliphatic carbocycles. The summed E-state index contributed by atoms with van der Waals surface area (Å²) < 4.78 is 2.07. The van der Waals surface area contributed by atoms with Crippen LogP contribution in [0, 0.1) is 0 Å². The van der Waals surface area contributed by atoms with Gasteiger partial charge >= 0.3 is 0 Å². The van der Waals surface area contributed by atoms with Crippen molar-refractivity contribution in [1.82, 2.24) is 14.5 Å². The van der Waals surface area contributed by atoms with Crippen molar-refractivity contribution in [3.63, 3.8) is 0 Å². The Bertz CT molecular complexity index is 1150. The second-order valence-corrected chi connectivity index (χ2v) is 8.32. The van der Waals surface area contributed by atoms with E-state index in [0.717, 1.165) is 29.1 Å². The van der Waals surface area contributed by atoms with Crippen molar-refractivity contribution in [3.05, 3.63) is 72.6 Å². The Hall–Kier alpha value is -3.38. The second-order valence-electron chi connectivity index (χ2n) is 8.32. The summed E-state index contributed by atoms with van der Waals surface area (Å²) in [5, 5.41) is 16.5. The largest absolute Gasteiger partial charge is 0.394 e. The van der Waals surface area contributed by atoms with E-state index in [1.807, 2.05) is 25.4 Å². The van der Waals surface area contributed by atoms with Gasteiger partial charge < -0.3 is 20.3 Å². The van der Waals surface area contributed by atoms with Crippen LogP contribution in [0.2, 0.25) is 0 Å². The van der Waals surface area contributed by atoms with E-state index in [9.17, 15) is 5.11 Å². The van der Waals surface area contributed by atoms with Gasteiger partial charge in [-0.05, 0) is 37.0 Å². The third-order valence-corrected chi connectivity index (χ3v) is 5.70. The van der Waals surface area contributed by atoms with E-state index in [1.54, 1.807) is 0 Å². The molecule has 2 aromatic carbocycles. The summed E-state index contributed by atoms with van der Waals surface area (Å²) in [6, 6.07) is 21.2. The van der Waals surface area contributed by atoms with Gasteiger partial charge in [0.25, 0.3) is 0 Å². The zero-order valence-corrected chi connectivity index (χ0v) is 18.9. The quantitative estimate of drug-likeness (QED) is 0.329. The number of rotatable bonds is 9. The number of nitrogens with zero attached hydrogens (tertiary/aromatic N) is 3. The SMILES string of the molecule is CC[C@@H](CO)Nc1cc(NCc2ccc(-c3ccccc3)cc2)c2ncn(C(C)C)c2n1. The van der Waals surface area contributed by atoms with Crippen LogP contribution >= 0.6 is 0 Å². The Balaban J connectivity index is 1.58. The van der Waals surface area contributed by atoms with Crippen LogP contribution in [0.4, 0.5) is 11.5 Å². The molecule has 166 valence electrons. The molecule has 0 saturated heterocycles. The molecule has 2 heterocycles. The van der Waals surface area contributed by atoms with Crippen LogP contribution in [0.15, 0.2) is 67.0 Å². The normalized spacial score (nSPS) is 12.3. The van der Waals surface area contributed by atoms with Crippen molar-refractivity contribution in [3.8, 4) is 11.1 Å². The average molecular weight is 430 g/mol. The standard InChI is InChI=1S/C26H31N5O/c1-4-22(16-32)29-24-14-23(25-26(30-24)31(17-28-25)18(2)3)27-15-19-10-12-21(13-11-19)20-8-6-5-7-9-20/h5-14,17-18,22,32H,4,15-16H2,1-3H3,(H2,27,29,30)/t22-/m0/s1. The number of imidazole rings is 1. The number of nitrogens with one attached hydrogen (secondary N) is 2. The summed E-state index contributed by atoms with van der Waals surface area (Å²) in [6.07, 6.45) is 2.66. The molecule has 0 amide bonds. The predicted octanol–water partition coefficient (Wildman–Crippen LogP) is 5.47. The number of pyridine rings is 1. The molecule has 3 N–H and O–H groups in total. The minimum absolute atomic E-state index is 0.0336. The van der Waals surface area contributed by atoms with Crippen molar-refractivity contribution in [1.29, 1.82) is 0 Å². The molecule has 0 aliphatic rings. The van der Waals surface area contributed by atoms with E-state index in [4.69, 9.17) is 4.98 Å². The number of anilines is 2. The van der Waals surface area contributed by atoms with Crippen LogP contribution in [0.5, 0.6) is 0 Å². The van der Waals surface area contributed by atoms with Crippen LogP contribution in [0.1, 0.15) is 38.8 Å². The number of hydrogen-bond donors (Lipinski definition) is 3. The van der Waals surface area contributed by atoms with E-state index < -0.39 is 0 Å². The van der Waals surface area contributed by atoms with Gasteiger partial charge in [0.05, 0.1) is 24.7 Å². The van der Waals surface area contributed by atoms with E-state index in [0.29, 0.717) is 6.54 Å². The highest BCUT2D eigenvalue weighted by Gasteiger charge is 2.15. The lowest BCUT2D eigenvalue weighted by Gasteiger charge is -2.17. The predicted molar refractivity (Wildman–Crippen MR) is 132 cm³/mol. The third kappa shape index (κ3) is 4.75. The molecule has 0 fully saturated rings. The van der Waals surface area contributed by atoms with Crippen molar-refractivity contribution in [2.45, 2.75) is 45.8 Å². The van der Waals surface area contributed by atoms with E-state index in [2.05, 4.69) is 82.6 Å². The number of aliphatic hydroxyl groups is 1. The fourth-order valence-corrected chi connectivity index (χ4v) is 3.72. The Morgan fingerprint density at radius 3 is 2.38 bits per heavy atom. The molecule has 2 aromatic heterocycles. The van der Waals surface area contributed by atoms with E-state index in [-0.39, 0.29) is 18.7 Å². The lowest BCUT2D eigenvalue weighted by Crippen LogP contribution is -2.23. The molecule has 4 rings (SSSR count). The Kier molecular flexibility index (Phi) is 6.71. The molecule has 0 radical (unpaired) electrons. The number of aromatic nitrogens is 3. The summed E-state index contributed by atoms with van der Waals surface area (Å²) >= 11 is 0. The fraction of sp³-hybridized carbons (Fsp3) is 0.308. The molecule has 32 heavy (non-hydrogen) atoms. The zero-order valence-electron chi connectivity index (χ0n) is 18.9. The maximum Gasteiger partial charge on any atom is 0.164 e. The van der Waals surface area contributed by atoms with Crippen molar-refractivity contribution >= 4 is 22.7 Å². The number of hydrogen-bond acceptors (Lipinski definition) is 5. The monoisotopic (exact) mass is 429 g/mol. The molecule has 0 saturated carbocycles. The van der Waals surface area contributed by atoms with Gasteiger partial charge in [-0.15, -0.1) is 0 Å². The molecule has 0 bridgehead atoms. The van der Waals surface area contributed by atoms with Gasteiger partial charge in [0.1, 0.15) is 11.3 Å². The lowest BCUT2D eigenvalue weighted by atomic mass is 10.0. The van der Waals surface area contributed by atoms with Gasteiger partial charge in [0.2, 0.25) is 0 Å². The van der Waals surface area contributed by atoms with Gasteiger partial charge in [-0.3, -0.25) is 0 Å². The first-order valence-electron chi connectivity index (χ1n) is 11.2. The molecular formula is C26H31N5O. The smallest absolute Gasteiger partial charge is 0.164 e. The molecule has 1 atom stereocenters. The topological polar surface area (TPSA) is 75.0 Å². The van der Waals surface area contributed by atoms with Gasteiger partial charge in [0, 0.05) is 18.7 Å². The number of benzene rings is 2. The minimum atomic E-state index is -0.0336. The van der Waals surface area contributed by atoms with Gasteiger partial charge in [-0.1, -0.05) is 61.5 Å². The second kappa shape index (κ2) is 9.83. The first kappa shape index (κ1) is 21.8. The Morgan fingerprint density at radius 2 is 1.72 bits per heavy atom. The summed E-state index contributed by atoms with van der Waals surface area (Å²) in [5.41, 5.74) is 6.22. The van der Waals surface area contributed by atoms with Crippen molar-refractivity contribution in [2.75, 3.05) is 17.2 Å². The number of fused-ring (bicyclic) bond motifs is 1. The van der Waals surface area contributed by atoms with Crippen LogP contribution in [-0.4, -0.2) is 32.3 Å². The highest BCUT2D eigenvalue weighted by molar-refractivity contribution is 5.88. The summed E-state index contributed by atoms with van der Waals surface area (Å²) in [5.74, 6) is 0.739. The van der Waals surface area contributed by atoms with Crippen LogP contribution < -0.4 is 10.6 Å². The molecule has 0 spiro atoms. The molecule has 0 aliphatic heterocycles.